The second kappa shape index (κ2) is 8.78. The average molecular weight is 525 g/mol. The zero-order valence-corrected chi connectivity index (χ0v) is 20.8. The highest BCUT2D eigenvalue weighted by molar-refractivity contribution is 9.10. The SMILES string of the molecule is COc1cc(CNC23CC4CC(CC(C4)C2)C3)cc(Br)c1OCc1ccc(Cl)c(Cl)c1. The maximum absolute atomic E-state index is 6.12. The van der Waals surface area contributed by atoms with Gasteiger partial charge in [-0.25, -0.2) is 0 Å². The first kappa shape index (κ1) is 21.9. The molecular formula is C25H28BrCl2NO2. The molecule has 2 aromatic rings. The van der Waals surface area contributed by atoms with Gasteiger partial charge in [-0.15, -0.1) is 0 Å². The highest BCUT2D eigenvalue weighted by atomic mass is 79.9. The molecule has 2 aromatic carbocycles. The van der Waals surface area contributed by atoms with Crippen molar-refractivity contribution < 1.29 is 9.47 Å². The summed E-state index contributed by atoms with van der Waals surface area (Å²) in [4.78, 5) is 0. The Balaban J connectivity index is 1.27. The van der Waals surface area contributed by atoms with Gasteiger partial charge in [-0.1, -0.05) is 29.3 Å². The molecule has 0 spiro atoms. The molecule has 6 heteroatoms. The number of methoxy groups -OCH3 is 1. The molecule has 6 rings (SSSR count). The number of nitrogens with one attached hydrogen (secondary N) is 1. The molecule has 4 aliphatic rings. The number of halogens is 3. The molecule has 0 atom stereocenters. The highest BCUT2D eigenvalue weighted by Gasteiger charge is 2.50. The summed E-state index contributed by atoms with van der Waals surface area (Å²) < 4.78 is 12.6. The number of hydrogen-bond donors (Lipinski definition) is 1. The van der Waals surface area contributed by atoms with Crippen LogP contribution in [0.2, 0.25) is 10.0 Å². The van der Waals surface area contributed by atoms with Crippen molar-refractivity contribution >= 4 is 39.1 Å². The van der Waals surface area contributed by atoms with Crippen molar-refractivity contribution in [3.63, 3.8) is 0 Å². The first-order chi connectivity index (χ1) is 14.9. The summed E-state index contributed by atoms with van der Waals surface area (Å²) in [6, 6.07) is 9.75. The third-order valence-corrected chi connectivity index (χ3v) is 8.69. The van der Waals surface area contributed by atoms with Crippen molar-refractivity contribution in [2.45, 2.75) is 57.2 Å². The Morgan fingerprint density at radius 2 is 1.65 bits per heavy atom. The van der Waals surface area contributed by atoms with E-state index < -0.39 is 0 Å². The van der Waals surface area contributed by atoms with Gasteiger partial charge in [0.25, 0.3) is 0 Å². The van der Waals surface area contributed by atoms with Crippen LogP contribution in [0.4, 0.5) is 0 Å². The maximum Gasteiger partial charge on any atom is 0.175 e. The molecule has 0 saturated heterocycles. The zero-order chi connectivity index (χ0) is 21.6. The third-order valence-electron chi connectivity index (χ3n) is 7.36. The molecule has 0 heterocycles. The lowest BCUT2D eigenvalue weighted by Crippen LogP contribution is -2.58. The van der Waals surface area contributed by atoms with E-state index in [1.807, 2.05) is 12.1 Å². The van der Waals surface area contributed by atoms with Gasteiger partial charge in [0.1, 0.15) is 6.61 Å². The number of rotatable bonds is 7. The van der Waals surface area contributed by atoms with Crippen molar-refractivity contribution in [3.05, 3.63) is 56.0 Å². The molecule has 4 aliphatic carbocycles. The topological polar surface area (TPSA) is 30.5 Å². The standard InChI is InChI=1S/C25H28BrCl2NO2/c1-30-23-9-19(13-29-25-10-16-4-17(11-25)6-18(5-16)12-25)7-20(26)24(23)31-14-15-2-3-21(27)22(28)8-15/h2-3,7-9,16-18,29H,4-6,10-14H2,1H3. The minimum atomic E-state index is 0.345. The van der Waals surface area contributed by atoms with Crippen molar-refractivity contribution in [2.75, 3.05) is 7.11 Å². The van der Waals surface area contributed by atoms with Crippen LogP contribution in [0.25, 0.3) is 0 Å². The van der Waals surface area contributed by atoms with Crippen LogP contribution in [-0.4, -0.2) is 12.6 Å². The quantitative estimate of drug-likeness (QED) is 0.409. The molecule has 3 nitrogen and oxygen atoms in total. The molecule has 1 N–H and O–H groups in total. The highest BCUT2D eigenvalue weighted by Crippen LogP contribution is 2.55. The van der Waals surface area contributed by atoms with Gasteiger partial charge in [0.15, 0.2) is 11.5 Å². The smallest absolute Gasteiger partial charge is 0.175 e. The van der Waals surface area contributed by atoms with E-state index in [1.54, 1.807) is 13.2 Å². The fraction of sp³-hybridized carbons (Fsp3) is 0.520. The summed E-state index contributed by atoms with van der Waals surface area (Å²) in [5, 5.41) is 5.04. The van der Waals surface area contributed by atoms with Gasteiger partial charge >= 0.3 is 0 Å². The van der Waals surface area contributed by atoms with Gasteiger partial charge in [0.05, 0.1) is 21.6 Å². The summed E-state index contributed by atoms with van der Waals surface area (Å²) in [7, 11) is 1.68. The van der Waals surface area contributed by atoms with E-state index in [0.717, 1.165) is 40.1 Å². The normalized spacial score (nSPS) is 28.7. The first-order valence-corrected chi connectivity index (χ1v) is 12.7. The van der Waals surface area contributed by atoms with Crippen LogP contribution in [0.3, 0.4) is 0 Å². The van der Waals surface area contributed by atoms with E-state index in [0.29, 0.717) is 27.9 Å². The van der Waals surface area contributed by atoms with Crippen LogP contribution in [0.1, 0.15) is 49.7 Å². The number of hydrogen-bond acceptors (Lipinski definition) is 3. The third kappa shape index (κ3) is 4.59. The molecule has 0 unspecified atom stereocenters. The lowest BCUT2D eigenvalue weighted by Gasteiger charge is -2.57. The molecule has 166 valence electrons. The molecule has 31 heavy (non-hydrogen) atoms. The molecule has 0 radical (unpaired) electrons. The van der Waals surface area contributed by atoms with Gasteiger partial charge in [-0.2, -0.15) is 0 Å². The van der Waals surface area contributed by atoms with Crippen LogP contribution in [0.15, 0.2) is 34.8 Å². The molecule has 0 aromatic heterocycles. The second-order valence-electron chi connectivity index (χ2n) is 9.70. The van der Waals surface area contributed by atoms with Crippen molar-refractivity contribution in [3.8, 4) is 11.5 Å². The minimum absolute atomic E-state index is 0.345. The van der Waals surface area contributed by atoms with E-state index in [9.17, 15) is 0 Å². The maximum atomic E-state index is 6.12. The monoisotopic (exact) mass is 523 g/mol. The van der Waals surface area contributed by atoms with Gasteiger partial charge in [-0.3, -0.25) is 0 Å². The Kier molecular flexibility index (Phi) is 6.19. The molecular weight excluding hydrogens is 497 g/mol. The van der Waals surface area contributed by atoms with Crippen LogP contribution in [0.5, 0.6) is 11.5 Å². The summed E-state index contributed by atoms with van der Waals surface area (Å²) in [5.74, 6) is 4.26. The second-order valence-corrected chi connectivity index (χ2v) is 11.4. The van der Waals surface area contributed by atoms with Crippen molar-refractivity contribution in [2.24, 2.45) is 17.8 Å². The van der Waals surface area contributed by atoms with Crippen LogP contribution in [-0.2, 0) is 13.2 Å². The lowest BCUT2D eigenvalue weighted by atomic mass is 9.53. The fourth-order valence-electron chi connectivity index (χ4n) is 6.42. The molecule has 0 amide bonds. The van der Waals surface area contributed by atoms with Crippen molar-refractivity contribution in [1.29, 1.82) is 0 Å². The van der Waals surface area contributed by atoms with Gasteiger partial charge in [-0.05, 0) is 108 Å². The van der Waals surface area contributed by atoms with E-state index in [4.69, 9.17) is 32.7 Å². The van der Waals surface area contributed by atoms with Crippen LogP contribution < -0.4 is 14.8 Å². The zero-order valence-electron chi connectivity index (χ0n) is 17.7. The fourth-order valence-corrected chi connectivity index (χ4v) is 7.34. The van der Waals surface area contributed by atoms with E-state index in [2.05, 4.69) is 33.4 Å². The Labute approximate surface area is 202 Å². The van der Waals surface area contributed by atoms with Gasteiger partial charge in [0.2, 0.25) is 0 Å². The number of ether oxygens (including phenoxy) is 2. The molecule has 4 bridgehead atoms. The van der Waals surface area contributed by atoms with Crippen LogP contribution in [0, 0.1) is 17.8 Å². The van der Waals surface area contributed by atoms with Crippen LogP contribution >= 0.6 is 39.1 Å². The van der Waals surface area contributed by atoms with Crippen molar-refractivity contribution in [1.82, 2.24) is 5.32 Å². The summed E-state index contributed by atoms with van der Waals surface area (Å²) >= 11 is 15.8. The van der Waals surface area contributed by atoms with Gasteiger partial charge < -0.3 is 14.8 Å². The lowest BCUT2D eigenvalue weighted by molar-refractivity contribution is -0.0206. The molecule has 4 fully saturated rings. The first-order valence-electron chi connectivity index (χ1n) is 11.1. The Bertz CT molecular complexity index is 945. The van der Waals surface area contributed by atoms with E-state index in [1.165, 1.54) is 44.1 Å². The Morgan fingerprint density at radius 1 is 0.968 bits per heavy atom. The largest absolute Gasteiger partial charge is 0.493 e. The summed E-state index contributed by atoms with van der Waals surface area (Å²) in [6.07, 6.45) is 8.44. The van der Waals surface area contributed by atoms with Gasteiger partial charge in [0, 0.05) is 12.1 Å². The Hall–Kier alpha value is -0.940. The predicted octanol–water partition coefficient (Wildman–Crippen LogP) is 7.40. The number of benzene rings is 2. The molecule has 0 aliphatic heterocycles. The predicted molar refractivity (Wildman–Crippen MR) is 129 cm³/mol. The summed E-state index contributed by atoms with van der Waals surface area (Å²) in [5.41, 5.74) is 2.51. The van der Waals surface area contributed by atoms with E-state index >= 15 is 0 Å². The van der Waals surface area contributed by atoms with E-state index in [-0.39, 0.29) is 0 Å². The summed E-state index contributed by atoms with van der Waals surface area (Å²) in [6.45, 7) is 1.24. The Morgan fingerprint density at radius 3 is 2.26 bits per heavy atom. The molecule has 4 saturated carbocycles. The minimum Gasteiger partial charge on any atom is -0.493 e. The average Bonchev–Trinajstić information content (AvgIpc) is 2.72.